The number of aromatic nitrogens is 1. The van der Waals surface area contributed by atoms with Gasteiger partial charge < -0.3 is 9.47 Å². The predicted octanol–water partition coefficient (Wildman–Crippen LogP) is 3.30. The van der Waals surface area contributed by atoms with Gasteiger partial charge in [0.05, 0.1) is 13.7 Å². The van der Waals surface area contributed by atoms with Crippen LogP contribution in [0.5, 0.6) is 5.19 Å². The lowest BCUT2D eigenvalue weighted by Gasteiger charge is -2.04. The molecule has 19 heavy (non-hydrogen) atoms. The van der Waals surface area contributed by atoms with Gasteiger partial charge in [-0.25, -0.2) is 9.78 Å². The molecule has 2 aromatic rings. The largest absolute Gasteiger partial charge is 0.473 e. The van der Waals surface area contributed by atoms with Crippen molar-refractivity contribution in [2.45, 2.75) is 13.8 Å². The highest BCUT2D eigenvalue weighted by molar-refractivity contribution is 7.15. The molecule has 0 radical (unpaired) electrons. The SMILES string of the molecule is CCOC(=O)c1sc(OC)nc1-c1ccccc1C. The van der Waals surface area contributed by atoms with E-state index >= 15 is 0 Å². The number of methoxy groups -OCH3 is 1. The van der Waals surface area contributed by atoms with Crippen molar-refractivity contribution in [3.05, 3.63) is 34.7 Å². The zero-order valence-electron chi connectivity index (χ0n) is 11.1. The maximum absolute atomic E-state index is 12.0. The molecule has 0 N–H and O–H groups in total. The van der Waals surface area contributed by atoms with Crippen LogP contribution < -0.4 is 4.74 Å². The molecule has 0 aliphatic heterocycles. The normalized spacial score (nSPS) is 10.3. The molecule has 5 heteroatoms. The average molecular weight is 277 g/mol. The molecular formula is C14H15NO3S. The Kier molecular flexibility index (Phi) is 4.16. The lowest BCUT2D eigenvalue weighted by Crippen LogP contribution is -2.04. The van der Waals surface area contributed by atoms with Gasteiger partial charge in [0.1, 0.15) is 10.6 Å². The van der Waals surface area contributed by atoms with Crippen molar-refractivity contribution in [3.63, 3.8) is 0 Å². The van der Waals surface area contributed by atoms with Crippen LogP contribution in [0, 0.1) is 6.92 Å². The summed E-state index contributed by atoms with van der Waals surface area (Å²) in [6.07, 6.45) is 0. The highest BCUT2D eigenvalue weighted by atomic mass is 32.1. The number of thiazole rings is 1. The van der Waals surface area contributed by atoms with Crippen LogP contribution in [-0.2, 0) is 4.74 Å². The zero-order chi connectivity index (χ0) is 13.8. The maximum Gasteiger partial charge on any atom is 0.350 e. The molecule has 0 amide bonds. The number of esters is 1. The van der Waals surface area contributed by atoms with Crippen LogP contribution >= 0.6 is 11.3 Å². The molecular weight excluding hydrogens is 262 g/mol. The number of carbonyl (C=O) groups excluding carboxylic acids is 1. The Morgan fingerprint density at radius 1 is 1.37 bits per heavy atom. The smallest absolute Gasteiger partial charge is 0.350 e. The molecule has 0 saturated heterocycles. The van der Waals surface area contributed by atoms with Crippen LogP contribution in [0.3, 0.4) is 0 Å². The number of hydrogen-bond donors (Lipinski definition) is 0. The van der Waals surface area contributed by atoms with E-state index in [2.05, 4.69) is 4.98 Å². The third-order valence-electron chi connectivity index (χ3n) is 2.64. The van der Waals surface area contributed by atoms with Gasteiger partial charge in [-0.1, -0.05) is 35.6 Å². The molecule has 0 bridgehead atoms. The first-order chi connectivity index (χ1) is 9.17. The molecule has 1 aromatic heterocycles. The van der Waals surface area contributed by atoms with Crippen LogP contribution in [0.1, 0.15) is 22.2 Å². The summed E-state index contributed by atoms with van der Waals surface area (Å²) < 4.78 is 10.2. The zero-order valence-corrected chi connectivity index (χ0v) is 11.9. The quantitative estimate of drug-likeness (QED) is 0.804. The Morgan fingerprint density at radius 2 is 2.11 bits per heavy atom. The minimum atomic E-state index is -0.360. The fourth-order valence-electron chi connectivity index (χ4n) is 1.74. The summed E-state index contributed by atoms with van der Waals surface area (Å²) in [4.78, 5) is 16.8. The maximum atomic E-state index is 12.0. The fraction of sp³-hybridized carbons (Fsp3) is 0.286. The van der Waals surface area contributed by atoms with Gasteiger partial charge in [-0.2, -0.15) is 0 Å². The van der Waals surface area contributed by atoms with Gasteiger partial charge in [0.2, 0.25) is 0 Å². The Bertz CT molecular complexity index is 592. The van der Waals surface area contributed by atoms with Crippen molar-refractivity contribution in [2.75, 3.05) is 13.7 Å². The van der Waals surface area contributed by atoms with Gasteiger partial charge in [-0.3, -0.25) is 0 Å². The van der Waals surface area contributed by atoms with Crippen molar-refractivity contribution >= 4 is 17.3 Å². The second-order valence-corrected chi connectivity index (χ2v) is 4.86. The summed E-state index contributed by atoms with van der Waals surface area (Å²) in [6.45, 7) is 4.10. The van der Waals surface area contributed by atoms with E-state index < -0.39 is 0 Å². The van der Waals surface area contributed by atoms with Crippen molar-refractivity contribution in [1.82, 2.24) is 4.98 Å². The van der Waals surface area contributed by atoms with E-state index in [1.54, 1.807) is 6.92 Å². The number of hydrogen-bond acceptors (Lipinski definition) is 5. The molecule has 0 aliphatic carbocycles. The number of benzene rings is 1. The molecule has 1 aromatic carbocycles. The van der Waals surface area contributed by atoms with Crippen molar-refractivity contribution in [2.24, 2.45) is 0 Å². The molecule has 0 fully saturated rings. The second-order valence-electron chi connectivity index (χ2n) is 3.90. The van der Waals surface area contributed by atoms with Gasteiger partial charge in [0, 0.05) is 5.56 Å². The molecule has 0 atom stereocenters. The van der Waals surface area contributed by atoms with Crippen LogP contribution in [0.15, 0.2) is 24.3 Å². The van der Waals surface area contributed by atoms with Gasteiger partial charge in [-0.15, -0.1) is 0 Å². The minimum absolute atomic E-state index is 0.340. The monoisotopic (exact) mass is 277 g/mol. The first-order valence-electron chi connectivity index (χ1n) is 5.95. The lowest BCUT2D eigenvalue weighted by molar-refractivity contribution is 0.0532. The van der Waals surface area contributed by atoms with Gasteiger partial charge >= 0.3 is 5.97 Å². The van der Waals surface area contributed by atoms with E-state index in [4.69, 9.17) is 9.47 Å². The van der Waals surface area contributed by atoms with E-state index in [1.165, 1.54) is 18.4 Å². The molecule has 4 nitrogen and oxygen atoms in total. The number of carbonyl (C=O) groups is 1. The molecule has 2 rings (SSSR count). The van der Waals surface area contributed by atoms with Crippen molar-refractivity contribution in [1.29, 1.82) is 0 Å². The summed E-state index contributed by atoms with van der Waals surface area (Å²) >= 11 is 1.20. The van der Waals surface area contributed by atoms with Crippen molar-refractivity contribution in [3.8, 4) is 16.5 Å². The minimum Gasteiger partial charge on any atom is -0.473 e. The molecule has 1 heterocycles. The number of nitrogens with zero attached hydrogens (tertiary/aromatic N) is 1. The topological polar surface area (TPSA) is 48.4 Å². The molecule has 0 saturated carbocycles. The summed E-state index contributed by atoms with van der Waals surface area (Å²) in [5.41, 5.74) is 2.60. The summed E-state index contributed by atoms with van der Waals surface area (Å²) in [5, 5.41) is 0.460. The second kappa shape index (κ2) is 5.84. The van der Waals surface area contributed by atoms with E-state index in [0.717, 1.165) is 11.1 Å². The lowest BCUT2D eigenvalue weighted by atomic mass is 10.1. The third kappa shape index (κ3) is 2.76. The predicted molar refractivity (Wildman–Crippen MR) is 74.8 cm³/mol. The summed E-state index contributed by atoms with van der Waals surface area (Å²) in [7, 11) is 1.54. The van der Waals surface area contributed by atoms with Crippen LogP contribution in [0.2, 0.25) is 0 Å². The van der Waals surface area contributed by atoms with Crippen LogP contribution in [0.4, 0.5) is 0 Å². The van der Waals surface area contributed by atoms with E-state index in [0.29, 0.717) is 22.4 Å². The standard InChI is InChI=1S/C14H15NO3S/c1-4-18-13(16)12-11(15-14(17-3)19-12)10-8-6-5-7-9(10)2/h5-8H,4H2,1-3H3. The Balaban J connectivity index is 2.53. The Labute approximate surface area is 116 Å². The van der Waals surface area contributed by atoms with Gasteiger partial charge in [-0.05, 0) is 19.4 Å². The number of rotatable bonds is 4. The number of ether oxygens (including phenoxy) is 2. The van der Waals surface area contributed by atoms with Crippen LogP contribution in [0.25, 0.3) is 11.3 Å². The van der Waals surface area contributed by atoms with Crippen LogP contribution in [-0.4, -0.2) is 24.7 Å². The fourth-order valence-corrected chi connectivity index (χ4v) is 2.53. The molecule has 0 spiro atoms. The Morgan fingerprint density at radius 3 is 2.74 bits per heavy atom. The molecule has 0 unspecified atom stereocenters. The van der Waals surface area contributed by atoms with Gasteiger partial charge in [0.25, 0.3) is 5.19 Å². The average Bonchev–Trinajstić information content (AvgIpc) is 2.83. The first kappa shape index (κ1) is 13.5. The number of aryl methyl sites for hydroxylation is 1. The summed E-state index contributed by atoms with van der Waals surface area (Å²) in [6, 6.07) is 7.79. The van der Waals surface area contributed by atoms with E-state index in [-0.39, 0.29) is 5.97 Å². The van der Waals surface area contributed by atoms with Gasteiger partial charge in [0.15, 0.2) is 0 Å². The Hall–Kier alpha value is -1.88. The van der Waals surface area contributed by atoms with E-state index in [1.807, 2.05) is 31.2 Å². The summed E-state index contributed by atoms with van der Waals surface area (Å²) in [5.74, 6) is -0.360. The molecule has 0 aliphatic rings. The molecule has 100 valence electrons. The third-order valence-corrected chi connectivity index (χ3v) is 3.64. The highest BCUT2D eigenvalue weighted by Gasteiger charge is 2.21. The highest BCUT2D eigenvalue weighted by Crippen LogP contribution is 2.34. The first-order valence-corrected chi connectivity index (χ1v) is 6.77. The van der Waals surface area contributed by atoms with Crippen molar-refractivity contribution < 1.29 is 14.3 Å². The van der Waals surface area contributed by atoms with E-state index in [9.17, 15) is 4.79 Å².